The number of hydrogen-bond donors (Lipinski definition) is 0. The Bertz CT molecular complexity index is 3150. The fourth-order valence-corrected chi connectivity index (χ4v) is 9.40. The molecule has 0 bridgehead atoms. The smallest absolute Gasteiger partial charge is 0.416 e. The summed E-state index contributed by atoms with van der Waals surface area (Å²) in [5.74, 6) is 1.69. The van der Waals surface area contributed by atoms with Crippen LogP contribution < -0.4 is 14.5 Å². The molecule has 0 spiro atoms. The zero-order valence-corrected chi connectivity index (χ0v) is 40.8. The van der Waals surface area contributed by atoms with Crippen LogP contribution in [0, 0.1) is 0 Å². The Morgan fingerprint density at radius 3 is 1.61 bits per heavy atom. The van der Waals surface area contributed by atoms with Crippen LogP contribution in [0.1, 0.15) is 111 Å². The summed E-state index contributed by atoms with van der Waals surface area (Å²) in [6, 6.07) is 43.7. The van der Waals surface area contributed by atoms with Crippen LogP contribution in [0.2, 0.25) is 0 Å². The predicted molar refractivity (Wildman–Crippen MR) is 272 cm³/mol. The van der Waals surface area contributed by atoms with E-state index < -0.39 is 11.7 Å². The van der Waals surface area contributed by atoms with Crippen molar-refractivity contribution in [2.24, 2.45) is 0 Å². The molecule has 0 atom stereocenters. The first kappa shape index (κ1) is 45.6. The highest BCUT2D eigenvalue weighted by molar-refractivity contribution is 6.09. The number of alkyl halides is 3. The molecule has 0 N–H and O–H groups in total. The summed E-state index contributed by atoms with van der Waals surface area (Å²) < 4.78 is 51.9. The molecular weight excluding hydrogens is 838 g/mol. The van der Waals surface area contributed by atoms with Crippen molar-refractivity contribution in [3.05, 3.63) is 167 Å². The summed E-state index contributed by atoms with van der Waals surface area (Å²) in [4.78, 5) is 9.53. The van der Waals surface area contributed by atoms with Gasteiger partial charge in [0, 0.05) is 40.5 Å². The molecule has 67 heavy (non-hydrogen) atoms. The van der Waals surface area contributed by atoms with E-state index in [2.05, 4.69) is 160 Å². The van der Waals surface area contributed by atoms with Crippen LogP contribution in [0.3, 0.4) is 0 Å². The van der Waals surface area contributed by atoms with Crippen LogP contribution in [0.4, 0.5) is 35.9 Å². The maximum atomic E-state index is 14.5. The van der Waals surface area contributed by atoms with Crippen molar-refractivity contribution in [1.29, 1.82) is 0 Å². The second-order valence-corrected chi connectivity index (χ2v) is 22.2. The number of fused-ring (bicyclic) bond motifs is 4. The molecule has 0 radical (unpaired) electrons. The fourth-order valence-electron chi connectivity index (χ4n) is 9.40. The Morgan fingerprint density at radius 1 is 0.478 bits per heavy atom. The lowest BCUT2D eigenvalue weighted by Crippen LogP contribution is -2.24. The van der Waals surface area contributed by atoms with Gasteiger partial charge in [-0.1, -0.05) is 132 Å². The van der Waals surface area contributed by atoms with Crippen LogP contribution >= 0.6 is 0 Å². The number of ether oxygens (including phenoxy) is 1. The van der Waals surface area contributed by atoms with Crippen molar-refractivity contribution < 1.29 is 17.9 Å². The Kier molecular flexibility index (Phi) is 10.9. The van der Waals surface area contributed by atoms with Crippen LogP contribution in [-0.2, 0) is 27.8 Å². The van der Waals surface area contributed by atoms with Gasteiger partial charge in [-0.3, -0.25) is 4.57 Å². The van der Waals surface area contributed by atoms with E-state index in [4.69, 9.17) is 9.72 Å². The maximum Gasteiger partial charge on any atom is 0.416 e. The minimum atomic E-state index is -4.54. The molecule has 0 amide bonds. The third-order valence-corrected chi connectivity index (χ3v) is 13.1. The minimum absolute atomic E-state index is 0.00969. The van der Waals surface area contributed by atoms with Crippen LogP contribution in [0.15, 0.2) is 140 Å². The molecule has 8 aromatic rings. The number of aromatic nitrogens is 2. The number of rotatable bonds is 6. The van der Waals surface area contributed by atoms with Crippen molar-refractivity contribution in [3.8, 4) is 28.4 Å². The van der Waals surface area contributed by atoms with Gasteiger partial charge in [0.25, 0.3) is 0 Å². The van der Waals surface area contributed by atoms with Crippen molar-refractivity contribution in [2.75, 3.05) is 16.5 Å². The van der Waals surface area contributed by atoms with Gasteiger partial charge >= 0.3 is 6.18 Å². The third kappa shape index (κ3) is 8.67. The van der Waals surface area contributed by atoms with Gasteiger partial charge in [-0.15, -0.1) is 0 Å². The van der Waals surface area contributed by atoms with Gasteiger partial charge in [0.15, 0.2) is 0 Å². The number of para-hydroxylation sites is 2. The molecule has 6 aromatic carbocycles. The summed E-state index contributed by atoms with van der Waals surface area (Å²) in [7, 11) is 0. The molecule has 1 aliphatic rings. The zero-order chi connectivity index (χ0) is 48.0. The molecule has 3 heterocycles. The Balaban J connectivity index is 1.15. The monoisotopic (exact) mass is 898 g/mol. The van der Waals surface area contributed by atoms with Gasteiger partial charge in [0.1, 0.15) is 24.0 Å². The third-order valence-electron chi connectivity index (χ3n) is 13.1. The van der Waals surface area contributed by atoms with Gasteiger partial charge in [-0.05, 0) is 128 Å². The quantitative estimate of drug-likeness (QED) is 0.166. The lowest BCUT2D eigenvalue weighted by molar-refractivity contribution is -0.137. The molecule has 2 aromatic heterocycles. The van der Waals surface area contributed by atoms with Gasteiger partial charge in [-0.2, -0.15) is 13.2 Å². The molecule has 1 aliphatic heterocycles. The lowest BCUT2D eigenvalue weighted by Gasteiger charge is -2.34. The van der Waals surface area contributed by atoms with E-state index in [1.54, 1.807) is 12.3 Å². The van der Waals surface area contributed by atoms with E-state index in [1.807, 2.05) is 53.1 Å². The summed E-state index contributed by atoms with van der Waals surface area (Å²) in [6.07, 6.45) is -2.76. The Morgan fingerprint density at radius 2 is 1.03 bits per heavy atom. The van der Waals surface area contributed by atoms with Gasteiger partial charge < -0.3 is 14.5 Å². The number of anilines is 4. The molecule has 0 saturated carbocycles. The summed E-state index contributed by atoms with van der Waals surface area (Å²) in [5, 5.41) is 1.48. The van der Waals surface area contributed by atoms with Crippen molar-refractivity contribution >= 4 is 44.6 Å². The zero-order valence-electron chi connectivity index (χ0n) is 40.8. The molecule has 344 valence electrons. The van der Waals surface area contributed by atoms with E-state index in [9.17, 15) is 13.2 Å². The van der Waals surface area contributed by atoms with Crippen LogP contribution in [0.5, 0.6) is 11.5 Å². The molecule has 8 heteroatoms. The lowest BCUT2D eigenvalue weighted by atomic mass is 9.71. The number of benzene rings is 6. The first-order valence-electron chi connectivity index (χ1n) is 23.2. The van der Waals surface area contributed by atoms with Crippen molar-refractivity contribution in [1.82, 2.24) is 9.55 Å². The minimum Gasteiger partial charge on any atom is -0.457 e. The summed E-state index contributed by atoms with van der Waals surface area (Å²) in [6.45, 7) is 27.5. The van der Waals surface area contributed by atoms with Crippen molar-refractivity contribution in [2.45, 2.75) is 111 Å². The maximum absolute atomic E-state index is 14.5. The predicted octanol–water partition coefficient (Wildman–Crippen LogP) is 17.1. The van der Waals surface area contributed by atoms with Crippen molar-refractivity contribution in [3.63, 3.8) is 0 Å². The largest absolute Gasteiger partial charge is 0.457 e. The topological polar surface area (TPSA) is 33.5 Å². The first-order valence-corrected chi connectivity index (χ1v) is 23.2. The van der Waals surface area contributed by atoms with Crippen LogP contribution in [0.25, 0.3) is 38.8 Å². The standard InChI is InChI=1S/C59H61F3N4O/c1-55(2,3)38-17-15-18-41(30-38)64-36-65(50-22-14-13-21-49(50)64)42-19-16-20-43(34-42)67-44-24-26-46-45-25-23-39(59(60,61)62)33-51(45)66(52(46)35-44)53-29-37(27-28-63-53)54-47(57(7,8)9)31-40(56(4,5)6)32-48(54)58(10,11)12/h13-35H,36H2,1-12H3. The molecule has 0 saturated heterocycles. The number of nitrogens with zero attached hydrogens (tertiary/aromatic N) is 4. The number of pyridine rings is 1. The Labute approximate surface area is 393 Å². The molecule has 9 rings (SSSR count). The molecule has 0 fully saturated rings. The van der Waals surface area contributed by atoms with E-state index in [0.29, 0.717) is 40.4 Å². The molecular formula is C59H61F3N4O. The van der Waals surface area contributed by atoms with Gasteiger partial charge in [0.2, 0.25) is 0 Å². The summed E-state index contributed by atoms with van der Waals surface area (Å²) >= 11 is 0. The van der Waals surface area contributed by atoms with Crippen LogP contribution in [-0.4, -0.2) is 16.2 Å². The van der Waals surface area contributed by atoms with E-state index >= 15 is 0 Å². The van der Waals surface area contributed by atoms with E-state index in [0.717, 1.165) is 45.3 Å². The average molecular weight is 899 g/mol. The normalized spacial score (nSPS) is 13.8. The Hall–Kier alpha value is -6.54. The van der Waals surface area contributed by atoms with Gasteiger partial charge in [-0.25, -0.2) is 4.98 Å². The van der Waals surface area contributed by atoms with E-state index in [1.165, 1.54) is 28.3 Å². The average Bonchev–Trinajstić information content (AvgIpc) is 3.80. The SMILES string of the molecule is CC(C)(C)c1cccc(N2CN(c3cccc(Oc4ccc5c6ccc(C(F)(F)F)cc6n(-c6cc(-c7c(C(C)(C)C)cc(C(C)(C)C)cc7C(C)(C)C)ccn6)c5c4)c3)c3ccccc32)c1. The van der Waals surface area contributed by atoms with E-state index in [-0.39, 0.29) is 21.7 Å². The molecule has 0 unspecified atom stereocenters. The highest BCUT2D eigenvalue weighted by atomic mass is 19.4. The fraction of sp³-hybridized carbons (Fsp3) is 0.305. The molecule has 0 aliphatic carbocycles. The number of halogens is 3. The second kappa shape index (κ2) is 16.1. The first-order chi connectivity index (χ1) is 31.4. The number of hydrogen-bond acceptors (Lipinski definition) is 4. The van der Waals surface area contributed by atoms with Gasteiger partial charge in [0.05, 0.1) is 28.0 Å². The highest BCUT2D eigenvalue weighted by Gasteiger charge is 2.33. The second-order valence-electron chi connectivity index (χ2n) is 22.2. The molecule has 5 nitrogen and oxygen atoms in total. The highest BCUT2D eigenvalue weighted by Crippen LogP contribution is 2.47. The summed E-state index contributed by atoms with van der Waals surface area (Å²) in [5.41, 5.74) is 11.2.